The van der Waals surface area contributed by atoms with Crippen LogP contribution in [0.3, 0.4) is 0 Å². The molecule has 0 bridgehead atoms. The molecule has 2 heterocycles. The molecule has 2 aliphatic heterocycles. The molecule has 0 N–H and O–H groups in total. The number of nitrogens with zero attached hydrogens (tertiary/aromatic N) is 1. The number of nitro groups is 1. The fourth-order valence-corrected chi connectivity index (χ4v) is 3.19. The summed E-state index contributed by atoms with van der Waals surface area (Å²) >= 11 is 0. The summed E-state index contributed by atoms with van der Waals surface area (Å²) in [5, 5.41) is 11.3. The Kier molecular flexibility index (Phi) is 3.24. The number of rotatable bonds is 1. The van der Waals surface area contributed by atoms with E-state index in [-0.39, 0.29) is 16.2 Å². The first-order valence-corrected chi connectivity index (χ1v) is 7.19. The molecule has 0 atom stereocenters. The number of ether oxygens (including phenoxy) is 2. The third-order valence-electron chi connectivity index (χ3n) is 4.64. The first kappa shape index (κ1) is 14.1. The van der Waals surface area contributed by atoms with E-state index in [1.165, 1.54) is 0 Å². The molecule has 1 fully saturated rings. The maximum Gasteiger partial charge on any atom is 0.276 e. The van der Waals surface area contributed by atoms with Crippen molar-refractivity contribution in [3.63, 3.8) is 0 Å². The van der Waals surface area contributed by atoms with Gasteiger partial charge in [0.15, 0.2) is 0 Å². The van der Waals surface area contributed by atoms with Crippen molar-refractivity contribution in [1.29, 1.82) is 0 Å². The number of fused-ring (bicyclic) bond motifs is 1. The summed E-state index contributed by atoms with van der Waals surface area (Å²) in [6.45, 7) is 6.85. The van der Waals surface area contributed by atoms with Gasteiger partial charge in [-0.1, -0.05) is 6.08 Å². The van der Waals surface area contributed by atoms with E-state index >= 15 is 0 Å². The molecule has 112 valence electrons. The minimum atomic E-state index is -0.314. The SMILES string of the molecule is Cc1c(C)c([N+](=O)[O-])c(C)c2c1OC1(C=C2)CCOCC1. The van der Waals surface area contributed by atoms with Gasteiger partial charge in [0.05, 0.1) is 18.1 Å². The van der Waals surface area contributed by atoms with E-state index in [0.29, 0.717) is 24.3 Å². The van der Waals surface area contributed by atoms with Crippen molar-refractivity contribution < 1.29 is 14.4 Å². The van der Waals surface area contributed by atoms with Crippen molar-refractivity contribution >= 4 is 11.8 Å². The van der Waals surface area contributed by atoms with Crippen molar-refractivity contribution in [1.82, 2.24) is 0 Å². The molecule has 0 saturated carbocycles. The van der Waals surface area contributed by atoms with Crippen LogP contribution in [-0.2, 0) is 4.74 Å². The van der Waals surface area contributed by atoms with Gasteiger partial charge in [0.2, 0.25) is 0 Å². The summed E-state index contributed by atoms with van der Waals surface area (Å²) in [4.78, 5) is 11.0. The lowest BCUT2D eigenvalue weighted by molar-refractivity contribution is -0.386. The van der Waals surface area contributed by atoms with Gasteiger partial charge in [-0.3, -0.25) is 10.1 Å². The Balaban J connectivity index is 2.14. The Morgan fingerprint density at radius 1 is 1.14 bits per heavy atom. The molecular formula is C16H19NO4. The molecule has 0 aromatic heterocycles. The van der Waals surface area contributed by atoms with Crippen LogP contribution in [0.2, 0.25) is 0 Å². The number of nitro benzene ring substituents is 1. The molecule has 1 spiro atoms. The van der Waals surface area contributed by atoms with Crippen LogP contribution in [0.4, 0.5) is 5.69 Å². The van der Waals surface area contributed by atoms with Gasteiger partial charge in [0, 0.05) is 35.1 Å². The van der Waals surface area contributed by atoms with Crippen LogP contribution >= 0.6 is 0 Å². The quantitative estimate of drug-likeness (QED) is 0.586. The monoisotopic (exact) mass is 289 g/mol. The van der Waals surface area contributed by atoms with Crippen molar-refractivity contribution in [2.45, 2.75) is 39.2 Å². The highest BCUT2D eigenvalue weighted by molar-refractivity contribution is 5.73. The predicted octanol–water partition coefficient (Wildman–Crippen LogP) is 3.47. The Labute approximate surface area is 123 Å². The van der Waals surface area contributed by atoms with E-state index in [9.17, 15) is 10.1 Å². The molecule has 1 saturated heterocycles. The minimum absolute atomic E-state index is 0.197. The fourth-order valence-electron chi connectivity index (χ4n) is 3.19. The highest BCUT2D eigenvalue weighted by Crippen LogP contribution is 2.44. The number of hydrogen-bond acceptors (Lipinski definition) is 4. The van der Waals surface area contributed by atoms with Gasteiger partial charge in [-0.05, 0) is 26.8 Å². The normalized spacial score (nSPS) is 19.2. The van der Waals surface area contributed by atoms with Crippen LogP contribution in [0.15, 0.2) is 6.08 Å². The van der Waals surface area contributed by atoms with Crippen LogP contribution in [0.5, 0.6) is 5.75 Å². The molecule has 1 aromatic rings. The van der Waals surface area contributed by atoms with Crippen LogP contribution in [0, 0.1) is 30.9 Å². The lowest BCUT2D eigenvalue weighted by Gasteiger charge is -2.38. The summed E-state index contributed by atoms with van der Waals surface area (Å²) in [5.41, 5.74) is 2.94. The second-order valence-corrected chi connectivity index (χ2v) is 5.84. The number of hydrogen-bond donors (Lipinski definition) is 0. The molecule has 5 nitrogen and oxygen atoms in total. The van der Waals surface area contributed by atoms with Crippen molar-refractivity contribution in [2.24, 2.45) is 0 Å². The molecule has 5 heteroatoms. The Morgan fingerprint density at radius 3 is 2.43 bits per heavy atom. The maximum absolute atomic E-state index is 11.3. The Hall–Kier alpha value is -1.88. The largest absolute Gasteiger partial charge is 0.482 e. The summed E-state index contributed by atoms with van der Waals surface area (Å²) in [6.07, 6.45) is 5.66. The maximum atomic E-state index is 11.3. The zero-order valence-corrected chi connectivity index (χ0v) is 12.6. The van der Waals surface area contributed by atoms with Crippen LogP contribution < -0.4 is 4.74 Å². The first-order chi connectivity index (χ1) is 9.95. The van der Waals surface area contributed by atoms with Crippen LogP contribution in [0.1, 0.15) is 35.1 Å². The van der Waals surface area contributed by atoms with E-state index in [1.54, 1.807) is 13.8 Å². The zero-order valence-electron chi connectivity index (χ0n) is 12.6. The van der Waals surface area contributed by atoms with Gasteiger partial charge in [-0.2, -0.15) is 0 Å². The first-order valence-electron chi connectivity index (χ1n) is 7.19. The predicted molar refractivity (Wildman–Crippen MR) is 79.8 cm³/mol. The molecule has 3 rings (SSSR count). The smallest absolute Gasteiger partial charge is 0.276 e. The summed E-state index contributed by atoms with van der Waals surface area (Å²) < 4.78 is 11.7. The average molecular weight is 289 g/mol. The topological polar surface area (TPSA) is 61.6 Å². The third-order valence-corrected chi connectivity index (χ3v) is 4.64. The third kappa shape index (κ3) is 2.12. The second-order valence-electron chi connectivity index (χ2n) is 5.84. The summed E-state index contributed by atoms with van der Waals surface area (Å²) in [6, 6.07) is 0. The van der Waals surface area contributed by atoms with E-state index in [2.05, 4.69) is 0 Å². The van der Waals surface area contributed by atoms with E-state index in [0.717, 1.165) is 29.7 Å². The fraction of sp³-hybridized carbons (Fsp3) is 0.500. The zero-order chi connectivity index (χ0) is 15.2. The van der Waals surface area contributed by atoms with Gasteiger partial charge < -0.3 is 9.47 Å². The highest BCUT2D eigenvalue weighted by atomic mass is 16.6. The lowest BCUT2D eigenvalue weighted by Crippen LogP contribution is -2.41. The molecule has 2 aliphatic rings. The summed E-state index contributed by atoms with van der Waals surface area (Å²) in [7, 11) is 0. The Morgan fingerprint density at radius 2 is 1.81 bits per heavy atom. The Bertz CT molecular complexity index is 642. The van der Waals surface area contributed by atoms with Gasteiger partial charge in [0.25, 0.3) is 5.69 Å². The van der Waals surface area contributed by atoms with Crippen LogP contribution in [0.25, 0.3) is 6.08 Å². The van der Waals surface area contributed by atoms with Gasteiger partial charge in [0.1, 0.15) is 11.4 Å². The average Bonchev–Trinajstić information content (AvgIpc) is 2.45. The number of benzene rings is 1. The second kappa shape index (κ2) is 4.84. The van der Waals surface area contributed by atoms with Crippen molar-refractivity contribution in [3.8, 4) is 5.75 Å². The standard InChI is InChI=1S/C16H19NO4/c1-10-11(2)15-13(12(3)14(10)17(18)19)4-5-16(21-15)6-8-20-9-7-16/h4-5H,6-9H2,1-3H3. The minimum Gasteiger partial charge on any atom is -0.482 e. The molecule has 1 aromatic carbocycles. The lowest BCUT2D eigenvalue weighted by atomic mass is 9.87. The highest BCUT2D eigenvalue weighted by Gasteiger charge is 2.37. The van der Waals surface area contributed by atoms with Crippen molar-refractivity contribution in [2.75, 3.05) is 13.2 Å². The molecule has 0 radical (unpaired) electrons. The summed E-state index contributed by atoms with van der Waals surface area (Å²) in [5.74, 6) is 0.792. The molecule has 0 aliphatic carbocycles. The van der Waals surface area contributed by atoms with Gasteiger partial charge in [-0.25, -0.2) is 0 Å². The van der Waals surface area contributed by atoms with Gasteiger partial charge in [-0.15, -0.1) is 0 Å². The van der Waals surface area contributed by atoms with E-state index < -0.39 is 0 Å². The van der Waals surface area contributed by atoms with Crippen LogP contribution in [-0.4, -0.2) is 23.7 Å². The van der Waals surface area contributed by atoms with E-state index in [1.807, 2.05) is 19.1 Å². The molecule has 0 amide bonds. The molecule has 21 heavy (non-hydrogen) atoms. The van der Waals surface area contributed by atoms with E-state index in [4.69, 9.17) is 9.47 Å². The van der Waals surface area contributed by atoms with Gasteiger partial charge >= 0.3 is 0 Å². The molecule has 0 unspecified atom stereocenters. The van der Waals surface area contributed by atoms with Crippen molar-refractivity contribution in [3.05, 3.63) is 38.4 Å². The molecular weight excluding hydrogens is 270 g/mol.